The Morgan fingerprint density at radius 1 is 1.22 bits per heavy atom. The van der Waals surface area contributed by atoms with E-state index in [4.69, 9.17) is 5.26 Å². The number of halogens is 1. The summed E-state index contributed by atoms with van der Waals surface area (Å²) in [7, 11) is 0. The van der Waals surface area contributed by atoms with Crippen molar-refractivity contribution in [2.75, 3.05) is 0 Å². The zero-order valence-electron chi connectivity index (χ0n) is 9.77. The van der Waals surface area contributed by atoms with E-state index in [2.05, 4.69) is 0 Å². The van der Waals surface area contributed by atoms with Gasteiger partial charge in [0.15, 0.2) is 5.78 Å². The average Bonchev–Trinajstić information content (AvgIpc) is 2.38. The Kier molecular flexibility index (Phi) is 3.20. The highest BCUT2D eigenvalue weighted by Crippen LogP contribution is 2.25. The summed E-state index contributed by atoms with van der Waals surface area (Å²) >= 11 is 0. The highest BCUT2D eigenvalue weighted by atomic mass is 19.1. The van der Waals surface area contributed by atoms with E-state index in [0.29, 0.717) is 16.7 Å². The molecular weight excluding hydrogens is 229 g/mol. The monoisotopic (exact) mass is 239 g/mol. The van der Waals surface area contributed by atoms with Gasteiger partial charge in [-0.25, -0.2) is 4.39 Å². The Hall–Kier alpha value is -2.47. The maximum Gasteiger partial charge on any atom is 0.160 e. The molecule has 0 spiro atoms. The van der Waals surface area contributed by atoms with Gasteiger partial charge < -0.3 is 0 Å². The molecule has 0 amide bonds. The van der Waals surface area contributed by atoms with Crippen LogP contribution in [0.25, 0.3) is 11.1 Å². The Morgan fingerprint density at radius 3 is 2.67 bits per heavy atom. The van der Waals surface area contributed by atoms with E-state index in [9.17, 15) is 9.18 Å². The van der Waals surface area contributed by atoms with Crippen molar-refractivity contribution in [2.24, 2.45) is 0 Å². The fourth-order valence-corrected chi connectivity index (χ4v) is 1.82. The molecule has 0 saturated carbocycles. The lowest BCUT2D eigenvalue weighted by molar-refractivity contribution is 0.101. The Morgan fingerprint density at radius 2 is 2.00 bits per heavy atom. The third-order valence-corrected chi connectivity index (χ3v) is 2.66. The number of hydrogen-bond donors (Lipinski definition) is 0. The second-order valence-corrected chi connectivity index (χ2v) is 3.94. The molecule has 2 aromatic rings. The molecule has 0 fully saturated rings. The van der Waals surface area contributed by atoms with Crippen LogP contribution in [0.2, 0.25) is 0 Å². The standard InChI is InChI=1S/C15H10FNO/c1-10(18)15-8-13(16)5-6-14(15)12-4-2-3-11(7-12)9-17/h2-8H,1H3. The molecular formula is C15H10FNO. The summed E-state index contributed by atoms with van der Waals surface area (Å²) in [4.78, 5) is 11.5. The van der Waals surface area contributed by atoms with Crippen LogP contribution in [0.5, 0.6) is 0 Å². The summed E-state index contributed by atoms with van der Waals surface area (Å²) in [6.45, 7) is 1.40. The molecule has 2 rings (SSSR count). The van der Waals surface area contributed by atoms with Gasteiger partial charge in [0.2, 0.25) is 0 Å². The molecule has 0 saturated heterocycles. The lowest BCUT2D eigenvalue weighted by Gasteiger charge is -2.07. The molecule has 2 aromatic carbocycles. The zero-order chi connectivity index (χ0) is 13.1. The van der Waals surface area contributed by atoms with E-state index in [1.165, 1.54) is 19.1 Å². The highest BCUT2D eigenvalue weighted by Gasteiger charge is 2.10. The van der Waals surface area contributed by atoms with Gasteiger partial charge in [-0.1, -0.05) is 18.2 Å². The molecule has 0 aliphatic carbocycles. The topological polar surface area (TPSA) is 40.9 Å². The quantitative estimate of drug-likeness (QED) is 0.752. The smallest absolute Gasteiger partial charge is 0.160 e. The molecule has 0 radical (unpaired) electrons. The van der Waals surface area contributed by atoms with Gasteiger partial charge in [0.25, 0.3) is 0 Å². The fourth-order valence-electron chi connectivity index (χ4n) is 1.82. The van der Waals surface area contributed by atoms with Crippen LogP contribution >= 0.6 is 0 Å². The second kappa shape index (κ2) is 4.80. The predicted molar refractivity (Wildman–Crippen MR) is 66.6 cm³/mol. The van der Waals surface area contributed by atoms with Crippen molar-refractivity contribution >= 4 is 5.78 Å². The molecule has 3 heteroatoms. The minimum atomic E-state index is -0.444. The summed E-state index contributed by atoms with van der Waals surface area (Å²) < 4.78 is 13.2. The predicted octanol–water partition coefficient (Wildman–Crippen LogP) is 3.57. The SMILES string of the molecule is CC(=O)c1cc(F)ccc1-c1cccc(C#N)c1. The third-order valence-electron chi connectivity index (χ3n) is 2.66. The summed E-state index contributed by atoms with van der Waals surface area (Å²) in [5, 5.41) is 8.85. The van der Waals surface area contributed by atoms with Crippen molar-refractivity contribution in [2.45, 2.75) is 6.92 Å². The normalized spacial score (nSPS) is 9.83. The first-order valence-corrected chi connectivity index (χ1v) is 5.43. The molecule has 0 aliphatic heterocycles. The van der Waals surface area contributed by atoms with Gasteiger partial charge in [-0.15, -0.1) is 0 Å². The molecule has 0 atom stereocenters. The molecule has 18 heavy (non-hydrogen) atoms. The zero-order valence-corrected chi connectivity index (χ0v) is 9.77. The summed E-state index contributed by atoms with van der Waals surface area (Å²) in [6, 6.07) is 13.0. The van der Waals surface area contributed by atoms with E-state index in [1.807, 2.05) is 6.07 Å². The van der Waals surface area contributed by atoms with Gasteiger partial charge in [0, 0.05) is 5.56 Å². The number of carbonyl (C=O) groups excluding carboxylic acids is 1. The van der Waals surface area contributed by atoms with Crippen molar-refractivity contribution < 1.29 is 9.18 Å². The molecule has 2 nitrogen and oxygen atoms in total. The van der Waals surface area contributed by atoms with Gasteiger partial charge in [0.05, 0.1) is 11.6 Å². The minimum Gasteiger partial charge on any atom is -0.294 e. The summed E-state index contributed by atoms with van der Waals surface area (Å²) in [6.07, 6.45) is 0. The summed E-state index contributed by atoms with van der Waals surface area (Å²) in [5.41, 5.74) is 2.21. The van der Waals surface area contributed by atoms with Crippen molar-refractivity contribution in [3.8, 4) is 17.2 Å². The lowest BCUT2D eigenvalue weighted by atomic mass is 9.96. The fraction of sp³-hybridized carbons (Fsp3) is 0.0667. The largest absolute Gasteiger partial charge is 0.294 e. The van der Waals surface area contributed by atoms with Crippen LogP contribution < -0.4 is 0 Å². The molecule has 0 aliphatic rings. The van der Waals surface area contributed by atoms with Crippen molar-refractivity contribution in [3.05, 3.63) is 59.4 Å². The van der Waals surface area contributed by atoms with E-state index in [0.717, 1.165) is 5.56 Å². The van der Waals surface area contributed by atoms with E-state index < -0.39 is 5.82 Å². The minimum absolute atomic E-state index is 0.202. The number of ketones is 1. The second-order valence-electron chi connectivity index (χ2n) is 3.94. The molecule has 0 aromatic heterocycles. The van der Waals surface area contributed by atoms with Crippen LogP contribution in [0, 0.1) is 17.1 Å². The number of rotatable bonds is 2. The van der Waals surface area contributed by atoms with E-state index >= 15 is 0 Å². The van der Waals surface area contributed by atoms with Crippen LogP contribution in [-0.4, -0.2) is 5.78 Å². The van der Waals surface area contributed by atoms with Crippen LogP contribution in [0.4, 0.5) is 4.39 Å². The van der Waals surface area contributed by atoms with Crippen molar-refractivity contribution in [3.63, 3.8) is 0 Å². The Balaban J connectivity index is 2.63. The molecule has 0 N–H and O–H groups in total. The first kappa shape index (κ1) is 12.0. The van der Waals surface area contributed by atoms with Crippen LogP contribution in [0.3, 0.4) is 0 Å². The van der Waals surface area contributed by atoms with Crippen LogP contribution in [0.15, 0.2) is 42.5 Å². The van der Waals surface area contributed by atoms with Gasteiger partial charge >= 0.3 is 0 Å². The number of carbonyl (C=O) groups is 1. The van der Waals surface area contributed by atoms with Crippen LogP contribution in [0.1, 0.15) is 22.8 Å². The molecule has 0 unspecified atom stereocenters. The number of nitriles is 1. The molecule has 0 heterocycles. The number of benzene rings is 2. The third kappa shape index (κ3) is 2.28. The number of nitrogens with zero attached hydrogens (tertiary/aromatic N) is 1. The maximum atomic E-state index is 13.2. The Labute approximate surface area is 104 Å². The maximum absolute atomic E-state index is 13.2. The summed E-state index contributed by atoms with van der Waals surface area (Å²) in [5.74, 6) is -0.646. The first-order valence-electron chi connectivity index (χ1n) is 5.43. The van der Waals surface area contributed by atoms with Crippen LogP contribution in [-0.2, 0) is 0 Å². The van der Waals surface area contributed by atoms with Gasteiger partial charge in [-0.2, -0.15) is 5.26 Å². The van der Waals surface area contributed by atoms with E-state index in [-0.39, 0.29) is 5.78 Å². The van der Waals surface area contributed by atoms with Gasteiger partial charge in [0.1, 0.15) is 5.82 Å². The molecule has 88 valence electrons. The van der Waals surface area contributed by atoms with Crippen molar-refractivity contribution in [1.29, 1.82) is 5.26 Å². The molecule has 0 bridgehead atoms. The number of Topliss-reactive ketones (excluding diaryl/α,β-unsaturated/α-hetero) is 1. The Bertz CT molecular complexity index is 656. The first-order chi connectivity index (χ1) is 8.61. The van der Waals surface area contributed by atoms with Gasteiger partial charge in [-0.05, 0) is 42.3 Å². The van der Waals surface area contributed by atoms with E-state index in [1.54, 1.807) is 30.3 Å². The average molecular weight is 239 g/mol. The van der Waals surface area contributed by atoms with Crippen molar-refractivity contribution in [1.82, 2.24) is 0 Å². The van der Waals surface area contributed by atoms with Gasteiger partial charge in [-0.3, -0.25) is 4.79 Å². The lowest BCUT2D eigenvalue weighted by Crippen LogP contribution is -1.97. The highest BCUT2D eigenvalue weighted by molar-refractivity contribution is 6.00. The number of hydrogen-bond acceptors (Lipinski definition) is 2.